The minimum atomic E-state index is -0.332. The fourth-order valence-corrected chi connectivity index (χ4v) is 9.23. The summed E-state index contributed by atoms with van der Waals surface area (Å²) in [6, 6.07) is 15.1. The number of amides is 2. The van der Waals surface area contributed by atoms with Gasteiger partial charge in [0.2, 0.25) is 0 Å². The van der Waals surface area contributed by atoms with E-state index in [0.29, 0.717) is 22.4 Å². The first kappa shape index (κ1) is 35.2. The molecule has 3 aromatic rings. The zero-order valence-electron chi connectivity index (χ0n) is 28.1. The summed E-state index contributed by atoms with van der Waals surface area (Å²) in [6.45, 7) is 2.27. The molecule has 5 rings (SSSR count). The van der Waals surface area contributed by atoms with E-state index in [1.807, 2.05) is 42.5 Å². The van der Waals surface area contributed by atoms with Gasteiger partial charge in [-0.25, -0.2) is 0 Å². The van der Waals surface area contributed by atoms with E-state index < -0.39 is 0 Å². The number of carbonyl (C=O) groups is 3. The van der Waals surface area contributed by atoms with Crippen LogP contribution in [0.1, 0.15) is 138 Å². The molecule has 252 valence electrons. The van der Waals surface area contributed by atoms with Crippen LogP contribution in [0.15, 0.2) is 48.5 Å². The minimum absolute atomic E-state index is 0.0354. The molecule has 2 heterocycles. The topological polar surface area (TPSA) is 98.1 Å². The van der Waals surface area contributed by atoms with Crippen LogP contribution in [0.4, 0.5) is 5.69 Å². The second-order valence-corrected chi connectivity index (χ2v) is 15.7. The van der Waals surface area contributed by atoms with Crippen LogP contribution in [0, 0.1) is 5.92 Å². The molecule has 0 radical (unpaired) electrons. The monoisotopic (exact) mass is 705 g/mol. The van der Waals surface area contributed by atoms with Gasteiger partial charge in [0.15, 0.2) is 0 Å². The van der Waals surface area contributed by atoms with Gasteiger partial charge in [0.1, 0.15) is 0 Å². The second kappa shape index (κ2) is 18.4. The summed E-state index contributed by atoms with van der Waals surface area (Å²) in [4.78, 5) is 41.3. The predicted octanol–water partition coefficient (Wildman–Crippen LogP) is 7.75. The summed E-state index contributed by atoms with van der Waals surface area (Å²) in [7, 11) is 0. The zero-order valence-corrected chi connectivity index (χ0v) is 29.8. The van der Waals surface area contributed by atoms with Crippen molar-refractivity contribution in [2.24, 2.45) is 5.92 Å². The number of imide groups is 1. The van der Waals surface area contributed by atoms with Crippen LogP contribution in [0.2, 0.25) is 4.82 Å². The molecule has 0 spiro atoms. The molecule has 2 atom stereocenters. The van der Waals surface area contributed by atoms with Crippen LogP contribution in [0.5, 0.6) is 0 Å². The number of Topliss-reactive ketones (excluding diaryl/α,β-unsaturated/α-hetero) is 1. The van der Waals surface area contributed by atoms with Gasteiger partial charge >= 0.3 is 203 Å². The van der Waals surface area contributed by atoms with E-state index >= 15 is 0 Å². The number of fused-ring (bicyclic) bond motifs is 1. The molecule has 2 amide bonds. The third kappa shape index (κ3) is 9.47. The number of anilines is 1. The van der Waals surface area contributed by atoms with E-state index in [0.717, 1.165) is 30.5 Å². The Morgan fingerprint density at radius 1 is 0.723 bits per heavy atom. The van der Waals surface area contributed by atoms with Gasteiger partial charge in [-0.2, -0.15) is 0 Å². The molecule has 0 bridgehead atoms. The van der Waals surface area contributed by atoms with Gasteiger partial charge in [-0.3, -0.25) is 0 Å². The number of aromatic nitrogens is 4. The molecule has 2 aliphatic rings. The van der Waals surface area contributed by atoms with Crippen molar-refractivity contribution < 1.29 is 14.4 Å². The number of benzene rings is 2. The van der Waals surface area contributed by atoms with Gasteiger partial charge in [0.05, 0.1) is 0 Å². The number of rotatable bonds is 21. The van der Waals surface area contributed by atoms with E-state index in [9.17, 15) is 14.4 Å². The fraction of sp³-hybridized carbons (Fsp3) is 0.579. The number of ketones is 1. The maximum atomic E-state index is 13.5. The second-order valence-electron chi connectivity index (χ2n) is 13.2. The number of carbonyl (C=O) groups excluding carboxylic acids is 3. The van der Waals surface area contributed by atoms with Crippen LogP contribution in [-0.2, 0) is 16.0 Å². The van der Waals surface area contributed by atoms with Crippen molar-refractivity contribution >= 4 is 43.0 Å². The Morgan fingerprint density at radius 3 is 1.98 bits per heavy atom. The SMILES string of the molecule is CCCCCCCCCCCCCCCCCCC1CC(=O)N(c2cccc3c2CC([Se]c2nnnn2-c2ccccc2)C3=O)C1=O. The molecular weight excluding hydrogens is 653 g/mol. The summed E-state index contributed by atoms with van der Waals surface area (Å²) < 4.78 is 2.36. The predicted molar refractivity (Wildman–Crippen MR) is 188 cm³/mol. The maximum absolute atomic E-state index is 13.5. The van der Waals surface area contributed by atoms with Crippen molar-refractivity contribution in [2.45, 2.75) is 134 Å². The summed E-state index contributed by atoms with van der Waals surface area (Å²) in [6.07, 6.45) is 22.5. The van der Waals surface area contributed by atoms with Gasteiger partial charge in [0, 0.05) is 0 Å². The molecule has 0 N–H and O–H groups in total. The van der Waals surface area contributed by atoms with Gasteiger partial charge < -0.3 is 0 Å². The number of unbranched alkanes of at least 4 members (excludes halogenated alkanes) is 15. The Bertz CT molecular complexity index is 1460. The van der Waals surface area contributed by atoms with Crippen molar-refractivity contribution in [1.82, 2.24) is 20.2 Å². The summed E-state index contributed by atoms with van der Waals surface area (Å²) in [5.74, 6) is -0.496. The van der Waals surface area contributed by atoms with Crippen molar-refractivity contribution in [3.63, 3.8) is 0 Å². The fourth-order valence-electron chi connectivity index (χ4n) is 7.00. The quantitative estimate of drug-likeness (QED) is 0.0639. The first-order chi connectivity index (χ1) is 23.1. The van der Waals surface area contributed by atoms with E-state index in [2.05, 4.69) is 22.4 Å². The Hall–Kier alpha value is -3.16. The summed E-state index contributed by atoms with van der Waals surface area (Å²) in [5.41, 5.74) is 2.84. The van der Waals surface area contributed by atoms with Crippen molar-refractivity contribution in [2.75, 3.05) is 4.90 Å². The number of hydrogen-bond acceptors (Lipinski definition) is 6. The molecule has 1 aromatic heterocycles. The van der Waals surface area contributed by atoms with Crippen LogP contribution in [0.3, 0.4) is 0 Å². The third-order valence-corrected chi connectivity index (χ3v) is 12.0. The van der Waals surface area contributed by atoms with Gasteiger partial charge in [-0.05, 0) is 0 Å². The van der Waals surface area contributed by atoms with Gasteiger partial charge in [-0.15, -0.1) is 0 Å². The molecular formula is C38H51N5O3Se. The Balaban J connectivity index is 1.02. The number of hydrogen-bond donors (Lipinski definition) is 0. The Morgan fingerprint density at radius 2 is 1.34 bits per heavy atom. The molecule has 8 nitrogen and oxygen atoms in total. The van der Waals surface area contributed by atoms with Crippen LogP contribution in [-0.4, -0.2) is 52.8 Å². The van der Waals surface area contributed by atoms with Crippen LogP contribution >= 0.6 is 0 Å². The van der Waals surface area contributed by atoms with E-state index in [-0.39, 0.29) is 49.7 Å². The molecule has 47 heavy (non-hydrogen) atoms. The van der Waals surface area contributed by atoms with Gasteiger partial charge in [-0.1, -0.05) is 84.0 Å². The third-order valence-electron chi connectivity index (χ3n) is 9.68. The molecule has 1 aliphatic carbocycles. The number of nitrogens with zero attached hydrogens (tertiary/aromatic N) is 5. The number of para-hydroxylation sites is 1. The van der Waals surface area contributed by atoms with Crippen molar-refractivity contribution in [3.8, 4) is 5.69 Å². The molecule has 1 aliphatic heterocycles. The normalized spacial score (nSPS) is 17.6. The zero-order chi connectivity index (χ0) is 32.8. The van der Waals surface area contributed by atoms with Gasteiger partial charge in [0.25, 0.3) is 0 Å². The van der Waals surface area contributed by atoms with Crippen molar-refractivity contribution in [3.05, 3.63) is 59.7 Å². The average molecular weight is 705 g/mol. The Labute approximate surface area is 286 Å². The number of tetrazole rings is 1. The first-order valence-corrected chi connectivity index (χ1v) is 20.0. The molecule has 2 aromatic carbocycles. The molecule has 2 unspecified atom stereocenters. The molecule has 1 saturated heterocycles. The molecule has 9 heteroatoms. The van der Waals surface area contributed by atoms with E-state index in [1.54, 1.807) is 10.7 Å². The summed E-state index contributed by atoms with van der Waals surface area (Å²) >= 11 is -0.332. The first-order valence-electron chi connectivity index (χ1n) is 18.1. The summed E-state index contributed by atoms with van der Waals surface area (Å²) in [5, 5.41) is 12.2. The van der Waals surface area contributed by atoms with Crippen LogP contribution < -0.4 is 9.62 Å². The van der Waals surface area contributed by atoms with Crippen LogP contribution in [0.25, 0.3) is 5.69 Å². The average Bonchev–Trinajstić information content (AvgIpc) is 3.76. The molecule has 1 fully saturated rings. The van der Waals surface area contributed by atoms with E-state index in [4.69, 9.17) is 0 Å². The standard InChI is InChI=1S/C38H51N5O3Se/c1-2-3-4-5-6-7-8-9-10-11-12-13-14-15-16-18-22-29-27-35(44)42(37(29)46)33-26-21-25-31-32(33)28-34(36(31)45)47-38-39-40-41-43(38)30-23-19-17-20-24-30/h17,19-21,23-26,29,34H,2-16,18,22,27-28H2,1H3. The van der Waals surface area contributed by atoms with Crippen molar-refractivity contribution in [1.29, 1.82) is 0 Å². The molecule has 0 saturated carbocycles. The van der Waals surface area contributed by atoms with E-state index in [1.165, 1.54) is 94.8 Å². The Kier molecular flexibility index (Phi) is 13.8.